The highest BCUT2D eigenvalue weighted by atomic mass is 16.6. The van der Waals surface area contributed by atoms with Crippen LogP contribution in [-0.4, -0.2) is 92.9 Å². The number of hydrogen-bond acceptors (Lipinski definition) is 12. The molecule has 0 aromatic rings. The third kappa shape index (κ3) is 95.8. The maximum atomic E-state index is 13.0. The Morgan fingerprint density at radius 2 is 0.361 bits per heavy atom. The predicted octanol–water partition coefficient (Wildman–Crippen LogP) is 32.4. The zero-order chi connectivity index (χ0) is 89.4. The number of esters is 4. The molecule has 0 aliphatic rings. The van der Waals surface area contributed by atoms with Crippen molar-refractivity contribution in [3.05, 3.63) is 72.9 Å². The van der Waals surface area contributed by atoms with Crippen LogP contribution in [-0.2, 0) is 47.7 Å². The number of carboxylic acids is 2. The van der Waals surface area contributed by atoms with Gasteiger partial charge in [0.25, 0.3) is 0 Å². The summed E-state index contributed by atoms with van der Waals surface area (Å²) in [5.41, 5.74) is 0. The topological polar surface area (TPSA) is 220 Å². The van der Waals surface area contributed by atoms with Crippen molar-refractivity contribution < 1.29 is 68.1 Å². The summed E-state index contributed by atoms with van der Waals surface area (Å²) in [6.07, 6.45) is 105. The van der Waals surface area contributed by atoms with E-state index in [-0.39, 0.29) is 66.9 Å². The highest BCUT2D eigenvalue weighted by Gasteiger charge is 2.18. The summed E-state index contributed by atoms with van der Waals surface area (Å²) in [4.78, 5) is 72.8. The quantitative estimate of drug-likeness (QED) is 0.0193. The molecule has 14 nitrogen and oxygen atoms in total. The van der Waals surface area contributed by atoms with Crippen molar-refractivity contribution in [3.8, 4) is 0 Å². The number of rotatable bonds is 94. The Morgan fingerprint density at radius 1 is 0.197 bits per heavy atom. The van der Waals surface area contributed by atoms with Crippen LogP contribution in [0.25, 0.3) is 0 Å². The minimum Gasteiger partial charge on any atom is -0.481 e. The number of carbonyl (C=O) groups is 6. The molecule has 0 rings (SSSR count). The summed E-state index contributed by atoms with van der Waals surface area (Å²) >= 11 is 0. The molecule has 122 heavy (non-hydrogen) atoms. The van der Waals surface area contributed by atoms with Gasteiger partial charge in [-0.05, 0) is 193 Å². The van der Waals surface area contributed by atoms with Gasteiger partial charge in [0, 0.05) is 64.2 Å². The van der Waals surface area contributed by atoms with Gasteiger partial charge in [0.1, 0.15) is 24.4 Å². The van der Waals surface area contributed by atoms with E-state index >= 15 is 0 Å². The van der Waals surface area contributed by atoms with Gasteiger partial charge in [0.15, 0.2) is 0 Å². The zero-order valence-corrected chi connectivity index (χ0v) is 80.4. The van der Waals surface area contributed by atoms with Crippen LogP contribution in [0.1, 0.15) is 542 Å². The molecule has 0 aliphatic carbocycles. The Morgan fingerprint density at radius 3 is 0.557 bits per heavy atom. The minimum atomic E-state index is -0.709. The Kier molecular flexibility index (Phi) is 96.1. The number of unbranched alkanes of at least 4 members (excludes halogenated alkanes) is 48. The van der Waals surface area contributed by atoms with Crippen molar-refractivity contribution in [2.75, 3.05) is 0 Å². The number of ether oxygens (including phenoxy) is 4. The minimum absolute atomic E-state index is 0.0323. The fourth-order valence-electron chi connectivity index (χ4n) is 15.5. The molecule has 6 unspecified atom stereocenters. The highest BCUT2D eigenvalue weighted by Crippen LogP contribution is 2.23. The average molecular weight is 1720 g/mol. The van der Waals surface area contributed by atoms with Gasteiger partial charge in [-0.2, -0.15) is 0 Å². The van der Waals surface area contributed by atoms with E-state index in [1.165, 1.54) is 128 Å². The lowest BCUT2D eigenvalue weighted by Crippen LogP contribution is -2.17. The van der Waals surface area contributed by atoms with Gasteiger partial charge >= 0.3 is 35.8 Å². The second-order valence-electron chi connectivity index (χ2n) is 35.7. The summed E-state index contributed by atoms with van der Waals surface area (Å²) < 4.78 is 24.2. The molecular weight excluding hydrogens is 1520 g/mol. The number of carbonyl (C=O) groups excluding carboxylic acids is 4. The molecule has 6 atom stereocenters. The Labute approximate surface area is 751 Å². The lowest BCUT2D eigenvalue weighted by Gasteiger charge is -2.17. The largest absolute Gasteiger partial charge is 0.481 e. The molecule has 0 bridgehead atoms. The monoisotopic (exact) mass is 1720 g/mol. The SMILES string of the molecule is CCCCCCC(O)C/C=C\CCCCCCCC(=O)O.CCCCCCC(O)C/C=C\CCCCCCCC(=O)OC(C/C=C\CCCCCCCC(=O)OC(C/C=C\CCCCCCCC(=O)OC(C/C=C\CCCCCCCC(=O)OC(C/C=C\CCCCCCCC(=O)O)CCCCCC)CCCCCC)CCCCCC)CCCCCC. The smallest absolute Gasteiger partial charge is 0.306 e. The molecule has 0 aromatic heterocycles. The van der Waals surface area contributed by atoms with E-state index in [9.17, 15) is 39.0 Å². The van der Waals surface area contributed by atoms with E-state index in [1.807, 2.05) is 0 Å². The summed E-state index contributed by atoms with van der Waals surface area (Å²) in [5, 5.41) is 37.3. The van der Waals surface area contributed by atoms with Gasteiger partial charge in [-0.1, -0.05) is 358 Å². The first-order valence-corrected chi connectivity index (χ1v) is 52.1. The van der Waals surface area contributed by atoms with Crippen LogP contribution in [0, 0.1) is 0 Å². The van der Waals surface area contributed by atoms with Crippen molar-refractivity contribution in [1.29, 1.82) is 0 Å². The van der Waals surface area contributed by atoms with E-state index in [0.717, 1.165) is 334 Å². The lowest BCUT2D eigenvalue weighted by atomic mass is 10.0. The van der Waals surface area contributed by atoms with Crippen LogP contribution in [0.15, 0.2) is 72.9 Å². The van der Waals surface area contributed by atoms with Crippen LogP contribution in [0.4, 0.5) is 0 Å². The molecule has 0 aliphatic heterocycles. The molecule has 0 heterocycles. The van der Waals surface area contributed by atoms with E-state index in [4.69, 9.17) is 29.2 Å². The molecule has 0 saturated heterocycles. The molecule has 0 saturated carbocycles. The molecule has 0 spiro atoms. The molecular formula is C108H196O14. The number of aliphatic hydroxyl groups excluding tert-OH is 2. The van der Waals surface area contributed by atoms with Gasteiger partial charge < -0.3 is 39.4 Å². The second kappa shape index (κ2) is 98.4. The summed E-state index contributed by atoms with van der Waals surface area (Å²) in [7, 11) is 0. The highest BCUT2D eigenvalue weighted by molar-refractivity contribution is 5.71. The maximum Gasteiger partial charge on any atom is 0.306 e. The van der Waals surface area contributed by atoms with Gasteiger partial charge in [0.2, 0.25) is 0 Å². The number of aliphatic hydroxyl groups is 2. The van der Waals surface area contributed by atoms with E-state index in [2.05, 4.69) is 114 Å². The average Bonchev–Trinajstić information content (AvgIpc) is 0.975. The lowest BCUT2D eigenvalue weighted by molar-refractivity contribution is -0.150. The van der Waals surface area contributed by atoms with Gasteiger partial charge in [-0.25, -0.2) is 0 Å². The van der Waals surface area contributed by atoms with Gasteiger partial charge in [-0.3, -0.25) is 28.8 Å². The Balaban J connectivity index is 0. The number of hydrogen-bond donors (Lipinski definition) is 4. The van der Waals surface area contributed by atoms with E-state index in [0.29, 0.717) is 32.1 Å². The van der Waals surface area contributed by atoms with Crippen molar-refractivity contribution in [3.63, 3.8) is 0 Å². The number of aliphatic carboxylic acids is 2. The third-order valence-electron chi connectivity index (χ3n) is 23.4. The number of carboxylic acid groups (broad SMARTS) is 2. The second-order valence-corrected chi connectivity index (χ2v) is 35.7. The molecule has 0 amide bonds. The van der Waals surface area contributed by atoms with Crippen LogP contribution < -0.4 is 0 Å². The first-order chi connectivity index (χ1) is 59.6. The normalized spacial score (nSPS) is 13.4. The standard InChI is InChI=1S/C90H162O11.C18H34O3/c1-6-11-16-51-66-81(91)67-52-41-31-21-27-37-47-62-77-87(94)99-83(69-54-18-13-8-3)73-58-43-33-23-29-39-49-64-79-89(96)101-85(71-56-20-15-10-5)75-60-45-35-25-30-40-50-65-80-90(97)100-84(70-55-19-14-9-4)74-59-44-34-24-28-38-48-63-78-88(95)98-82(68-53-17-12-7-2)72-57-42-32-22-26-36-46-61-76-86(92)93;1-2-3-4-11-14-17(19)15-12-9-7-5-6-8-10-13-16-18(20)21/h41-45,52,57-60,81-85,91H,6-40,46-51,53-56,61-80H2,1-5H3,(H,92,93);9,12,17,19H,2-8,10-11,13-16H2,1H3,(H,20,21)/b52-41-,57-42-,58-43-,59-44-,60-45-;12-9-. The third-order valence-corrected chi connectivity index (χ3v) is 23.4. The summed E-state index contributed by atoms with van der Waals surface area (Å²) in [5.74, 6) is -1.62. The van der Waals surface area contributed by atoms with Crippen molar-refractivity contribution in [2.45, 2.75) is 579 Å². The van der Waals surface area contributed by atoms with Crippen LogP contribution in [0.3, 0.4) is 0 Å². The van der Waals surface area contributed by atoms with Gasteiger partial charge in [-0.15, -0.1) is 0 Å². The predicted molar refractivity (Wildman–Crippen MR) is 516 cm³/mol. The first-order valence-electron chi connectivity index (χ1n) is 52.1. The van der Waals surface area contributed by atoms with E-state index < -0.39 is 11.9 Å². The van der Waals surface area contributed by atoms with E-state index in [1.54, 1.807) is 0 Å². The van der Waals surface area contributed by atoms with Crippen molar-refractivity contribution >= 4 is 35.8 Å². The summed E-state index contributed by atoms with van der Waals surface area (Å²) in [6, 6.07) is 0. The molecule has 4 N–H and O–H groups in total. The number of allylic oxidation sites excluding steroid dienone is 6. The zero-order valence-electron chi connectivity index (χ0n) is 80.4. The fraction of sp³-hybridized carbons (Fsp3) is 0.833. The van der Waals surface area contributed by atoms with Gasteiger partial charge in [0.05, 0.1) is 12.2 Å². The van der Waals surface area contributed by atoms with Crippen molar-refractivity contribution in [1.82, 2.24) is 0 Å². The Bertz CT molecular complexity index is 2460. The van der Waals surface area contributed by atoms with Crippen LogP contribution in [0.5, 0.6) is 0 Å². The molecule has 712 valence electrons. The molecule has 0 radical (unpaired) electrons. The maximum absolute atomic E-state index is 13.0. The molecule has 0 aromatic carbocycles. The molecule has 0 fully saturated rings. The first kappa shape index (κ1) is 119. The molecule has 14 heteroatoms. The van der Waals surface area contributed by atoms with Crippen molar-refractivity contribution in [2.24, 2.45) is 0 Å². The van der Waals surface area contributed by atoms with Crippen LogP contribution in [0.2, 0.25) is 0 Å². The summed E-state index contributed by atoms with van der Waals surface area (Å²) in [6.45, 7) is 13.3. The van der Waals surface area contributed by atoms with Crippen LogP contribution >= 0.6 is 0 Å². The fourth-order valence-corrected chi connectivity index (χ4v) is 15.5. The Hall–Kier alpha value is -4.82.